The predicted octanol–water partition coefficient (Wildman–Crippen LogP) is 1.54. The van der Waals surface area contributed by atoms with E-state index in [4.69, 9.17) is 16.3 Å². The summed E-state index contributed by atoms with van der Waals surface area (Å²) in [6, 6.07) is 14.4. The Bertz CT molecular complexity index is 1080. The standard InChI is InChI=1S/C17H10N8S/c1-11-2-4-12(5-3-11)8-23-17(9-20,10-21)25-16-24-15(22)13(6-18)14(7-19)26-16/h2-5,8H,1H3,(H2,22,24,25)/b23-8+. The molecule has 26 heavy (non-hydrogen) atoms. The molecule has 124 valence electrons. The van der Waals surface area contributed by atoms with Crippen LogP contribution in [0.1, 0.15) is 21.6 Å². The van der Waals surface area contributed by atoms with E-state index in [1.807, 2.05) is 25.1 Å². The van der Waals surface area contributed by atoms with Gasteiger partial charge in [0.05, 0.1) is 0 Å². The van der Waals surface area contributed by atoms with Crippen molar-refractivity contribution in [1.82, 2.24) is 4.98 Å². The van der Waals surface area contributed by atoms with E-state index in [0.717, 1.165) is 16.9 Å². The molecule has 2 rings (SSSR count). The van der Waals surface area contributed by atoms with E-state index in [2.05, 4.69) is 15.0 Å². The lowest BCUT2D eigenvalue weighted by Gasteiger charge is -2.07. The van der Waals surface area contributed by atoms with Gasteiger partial charge in [0.1, 0.15) is 40.5 Å². The molecule has 9 heteroatoms. The lowest BCUT2D eigenvalue weighted by molar-refractivity contribution is 0.708. The van der Waals surface area contributed by atoms with Gasteiger partial charge in [-0.25, -0.2) is 9.98 Å². The maximum Gasteiger partial charge on any atom is 0.328 e. The Kier molecular flexibility index (Phi) is 5.40. The molecule has 0 aliphatic rings. The summed E-state index contributed by atoms with van der Waals surface area (Å²) < 4.78 is 0. The molecule has 1 aromatic heterocycles. The van der Waals surface area contributed by atoms with Gasteiger partial charge in [-0.2, -0.15) is 26.0 Å². The molecule has 0 amide bonds. The first-order valence-electron chi connectivity index (χ1n) is 7.08. The lowest BCUT2D eigenvalue weighted by Crippen LogP contribution is -2.24. The molecule has 0 unspecified atom stereocenters. The van der Waals surface area contributed by atoms with Crippen molar-refractivity contribution in [3.05, 3.63) is 50.6 Å². The third-order valence-corrected chi connectivity index (χ3v) is 4.02. The topological polar surface area (TPSA) is 159 Å². The van der Waals surface area contributed by atoms with Crippen molar-refractivity contribution in [3.63, 3.8) is 0 Å². The monoisotopic (exact) mass is 358 g/mol. The second-order valence-corrected chi connectivity index (χ2v) is 5.96. The highest BCUT2D eigenvalue weighted by molar-refractivity contribution is 7.09. The van der Waals surface area contributed by atoms with E-state index in [1.54, 1.807) is 30.3 Å². The van der Waals surface area contributed by atoms with Crippen molar-refractivity contribution < 1.29 is 0 Å². The quantitative estimate of drug-likeness (QED) is 0.819. The number of hydrogen-bond donors (Lipinski definition) is 1. The Morgan fingerprint density at radius 2 is 1.77 bits per heavy atom. The summed E-state index contributed by atoms with van der Waals surface area (Å²) >= 11 is 0.752. The molecule has 0 aliphatic heterocycles. The lowest BCUT2D eigenvalue weighted by atomic mass is 10.1. The molecule has 1 aromatic carbocycles. The third-order valence-electron chi connectivity index (χ3n) is 3.15. The van der Waals surface area contributed by atoms with Crippen LogP contribution in [-0.4, -0.2) is 16.9 Å². The molecule has 2 N–H and O–H groups in total. The third kappa shape index (κ3) is 3.88. The van der Waals surface area contributed by atoms with Crippen molar-refractivity contribution in [1.29, 1.82) is 21.0 Å². The fraction of sp³-hybridized carbons (Fsp3) is 0.118. The average molecular weight is 358 g/mol. The average Bonchev–Trinajstić information content (AvgIpc) is 2.66. The molecule has 0 aliphatic carbocycles. The number of nitrogens with two attached hydrogens (primary N) is 1. The molecule has 0 saturated heterocycles. The zero-order valence-electron chi connectivity index (χ0n) is 13.5. The summed E-state index contributed by atoms with van der Waals surface area (Å²) in [6.45, 7) is 1.93. The normalized spacial score (nSPS) is 11.3. The summed E-state index contributed by atoms with van der Waals surface area (Å²) in [6.07, 6.45) is 1.36. The van der Waals surface area contributed by atoms with E-state index in [1.165, 1.54) is 6.21 Å². The highest BCUT2D eigenvalue weighted by Crippen LogP contribution is 2.16. The number of rotatable bonds is 3. The van der Waals surface area contributed by atoms with E-state index < -0.39 is 5.66 Å². The number of nitriles is 4. The van der Waals surface area contributed by atoms with Crippen LogP contribution in [0.15, 0.2) is 34.3 Å². The van der Waals surface area contributed by atoms with E-state index in [9.17, 15) is 10.5 Å². The fourth-order valence-electron chi connectivity index (χ4n) is 1.80. The van der Waals surface area contributed by atoms with Gasteiger partial charge in [-0.1, -0.05) is 41.2 Å². The summed E-state index contributed by atoms with van der Waals surface area (Å²) in [4.78, 5) is 11.7. The number of aryl methyl sites for hydroxylation is 1. The molecule has 0 spiro atoms. The number of benzene rings is 1. The number of hydrogen-bond acceptors (Lipinski definition) is 9. The molecule has 2 aromatic rings. The van der Waals surface area contributed by atoms with Gasteiger partial charge in [0.15, 0.2) is 0 Å². The Balaban J connectivity index is 2.56. The largest absolute Gasteiger partial charge is 0.382 e. The van der Waals surface area contributed by atoms with Gasteiger partial charge in [0.25, 0.3) is 0 Å². The summed E-state index contributed by atoms with van der Waals surface area (Å²) in [7, 11) is 0. The van der Waals surface area contributed by atoms with Crippen LogP contribution < -0.4 is 10.5 Å². The number of nitrogens with zero attached hydrogens (tertiary/aromatic N) is 7. The number of aliphatic imine (C=N–C) groups is 1. The zero-order chi connectivity index (χ0) is 19.2. The van der Waals surface area contributed by atoms with Gasteiger partial charge in [-0.05, 0) is 12.5 Å². The van der Waals surface area contributed by atoms with Crippen LogP contribution in [0.25, 0.3) is 0 Å². The first-order valence-corrected chi connectivity index (χ1v) is 7.89. The van der Waals surface area contributed by atoms with Crippen LogP contribution in [0, 0.1) is 52.2 Å². The fourth-order valence-corrected chi connectivity index (χ4v) is 2.60. The van der Waals surface area contributed by atoms with Crippen molar-refractivity contribution in [3.8, 4) is 24.3 Å². The maximum atomic E-state index is 9.40. The highest BCUT2D eigenvalue weighted by atomic mass is 32.1. The van der Waals surface area contributed by atoms with Crippen LogP contribution in [0.4, 0.5) is 5.82 Å². The minimum absolute atomic E-state index is 0.00829. The molecule has 0 saturated carbocycles. The summed E-state index contributed by atoms with van der Waals surface area (Å²) in [5.74, 6) is -0.200. The zero-order valence-corrected chi connectivity index (χ0v) is 14.3. The first-order chi connectivity index (χ1) is 12.5. The minimum atomic E-state index is -2.08. The van der Waals surface area contributed by atoms with Crippen LogP contribution >= 0.6 is 11.3 Å². The Hall–Kier alpha value is -4.05. The van der Waals surface area contributed by atoms with Crippen LogP contribution in [0.2, 0.25) is 0 Å². The second-order valence-electron chi connectivity index (χ2n) is 4.99. The first kappa shape index (κ1) is 18.3. The van der Waals surface area contributed by atoms with E-state index >= 15 is 0 Å². The van der Waals surface area contributed by atoms with Crippen molar-refractivity contribution in [2.24, 2.45) is 9.98 Å². The molecule has 0 radical (unpaired) electrons. The van der Waals surface area contributed by atoms with Gasteiger partial charge in [-0.3, -0.25) is 0 Å². The number of nitrogen functional groups attached to an aromatic ring is 1. The molecule has 1 heterocycles. The van der Waals surface area contributed by atoms with Gasteiger partial charge in [0, 0.05) is 6.21 Å². The molecular weight excluding hydrogens is 348 g/mol. The molecule has 0 fully saturated rings. The predicted molar refractivity (Wildman–Crippen MR) is 94.2 cm³/mol. The molecule has 0 bridgehead atoms. The van der Waals surface area contributed by atoms with Crippen molar-refractivity contribution in [2.75, 3.05) is 5.73 Å². The van der Waals surface area contributed by atoms with Crippen molar-refractivity contribution in [2.45, 2.75) is 12.6 Å². The van der Waals surface area contributed by atoms with Gasteiger partial charge >= 0.3 is 5.66 Å². The van der Waals surface area contributed by atoms with Gasteiger partial charge in [0.2, 0.25) is 4.80 Å². The molecular formula is C17H10N8S. The summed E-state index contributed by atoms with van der Waals surface area (Å²) in [5.41, 5.74) is 5.24. The smallest absolute Gasteiger partial charge is 0.328 e. The molecule has 8 nitrogen and oxygen atoms in total. The summed E-state index contributed by atoms with van der Waals surface area (Å²) in [5, 5.41) is 36.9. The van der Waals surface area contributed by atoms with E-state index in [-0.39, 0.29) is 21.1 Å². The minimum Gasteiger partial charge on any atom is -0.382 e. The van der Waals surface area contributed by atoms with Crippen molar-refractivity contribution >= 4 is 23.4 Å². The van der Waals surface area contributed by atoms with Crippen LogP contribution in [0.5, 0.6) is 0 Å². The Morgan fingerprint density at radius 3 is 2.31 bits per heavy atom. The molecule has 0 atom stereocenters. The van der Waals surface area contributed by atoms with Gasteiger partial charge in [-0.15, -0.1) is 0 Å². The van der Waals surface area contributed by atoms with Crippen LogP contribution in [0.3, 0.4) is 0 Å². The van der Waals surface area contributed by atoms with Gasteiger partial charge < -0.3 is 5.73 Å². The Morgan fingerprint density at radius 1 is 1.12 bits per heavy atom. The van der Waals surface area contributed by atoms with E-state index in [0.29, 0.717) is 5.56 Å². The Labute approximate surface area is 153 Å². The number of aromatic nitrogens is 1. The SMILES string of the molecule is Cc1ccc(/C=N/C(C#N)(C#N)/N=c2/nc(N)c(C#N)c(C#N)s2)cc1. The maximum absolute atomic E-state index is 9.40. The van der Waals surface area contributed by atoms with Crippen LogP contribution in [-0.2, 0) is 0 Å². The second kappa shape index (κ2) is 7.68. The number of anilines is 1. The highest BCUT2D eigenvalue weighted by Gasteiger charge is 2.28.